The highest BCUT2D eigenvalue weighted by Gasteiger charge is 2.41. The van der Waals surface area contributed by atoms with Crippen LogP contribution in [0.3, 0.4) is 0 Å². The quantitative estimate of drug-likeness (QED) is 0.382. The summed E-state index contributed by atoms with van der Waals surface area (Å²) < 4.78 is 39.6. The maximum Gasteiger partial charge on any atom is 0.357 e. The first-order valence-corrected chi connectivity index (χ1v) is 11.5. The Labute approximate surface area is 176 Å². The molecule has 3 aromatic carbocycles. The first-order chi connectivity index (χ1) is 14.2. The predicted octanol–water partition coefficient (Wildman–Crippen LogP) is 6.84. The third kappa shape index (κ3) is 5.01. The molecule has 1 atom stereocenters. The molecule has 0 heterocycles. The van der Waals surface area contributed by atoms with E-state index >= 15 is 0 Å². The van der Waals surface area contributed by atoms with Crippen LogP contribution >= 0.6 is 7.60 Å². The van der Waals surface area contributed by atoms with Gasteiger partial charge in [0.2, 0.25) is 0 Å². The van der Waals surface area contributed by atoms with Crippen LogP contribution in [0.2, 0.25) is 0 Å². The van der Waals surface area contributed by atoms with Crippen molar-refractivity contribution >= 4 is 24.1 Å². The van der Waals surface area contributed by atoms with E-state index in [1.165, 1.54) is 12.1 Å². The van der Waals surface area contributed by atoms with Crippen molar-refractivity contribution in [2.75, 3.05) is 5.32 Å². The van der Waals surface area contributed by atoms with Crippen LogP contribution in [0.5, 0.6) is 5.75 Å². The number of benzene rings is 3. The fraction of sp³-hybridized carbons (Fsp3) is 0.304. The van der Waals surface area contributed by atoms with E-state index in [9.17, 15) is 14.1 Å². The van der Waals surface area contributed by atoms with Crippen molar-refractivity contribution in [3.63, 3.8) is 0 Å². The van der Waals surface area contributed by atoms with Gasteiger partial charge in [0.05, 0.1) is 12.2 Å². The van der Waals surface area contributed by atoms with Gasteiger partial charge in [0.1, 0.15) is 11.6 Å². The third-order valence-corrected chi connectivity index (χ3v) is 6.83. The average molecular weight is 431 g/mol. The fourth-order valence-corrected chi connectivity index (χ4v) is 5.71. The number of halogens is 1. The Balaban J connectivity index is 2.24. The monoisotopic (exact) mass is 431 g/mol. The van der Waals surface area contributed by atoms with E-state index in [0.717, 1.165) is 5.39 Å². The number of aromatic hydroxyl groups is 1. The highest BCUT2D eigenvalue weighted by Crippen LogP contribution is 2.64. The molecule has 0 radical (unpaired) electrons. The maximum absolute atomic E-state index is 14.1. The number of nitrogens with one attached hydrogen (secondary N) is 1. The van der Waals surface area contributed by atoms with Crippen LogP contribution in [0, 0.1) is 5.82 Å². The number of phenols is 1. The zero-order valence-electron chi connectivity index (χ0n) is 17.5. The normalized spacial score (nSPS) is 13.2. The molecular weight excluding hydrogens is 404 g/mol. The summed E-state index contributed by atoms with van der Waals surface area (Å²) >= 11 is 0. The summed E-state index contributed by atoms with van der Waals surface area (Å²) in [6.07, 6.45) is -0.799. The molecule has 0 amide bonds. The molecule has 5 nitrogen and oxygen atoms in total. The van der Waals surface area contributed by atoms with Crippen molar-refractivity contribution in [1.82, 2.24) is 0 Å². The van der Waals surface area contributed by atoms with E-state index in [0.29, 0.717) is 16.6 Å². The first-order valence-electron chi connectivity index (χ1n) is 9.89. The van der Waals surface area contributed by atoms with Gasteiger partial charge in [-0.15, -0.1) is 0 Å². The molecule has 0 saturated heterocycles. The maximum atomic E-state index is 14.1. The van der Waals surface area contributed by atoms with E-state index in [2.05, 4.69) is 5.32 Å². The lowest BCUT2D eigenvalue weighted by molar-refractivity contribution is 0.138. The second kappa shape index (κ2) is 9.17. The summed E-state index contributed by atoms with van der Waals surface area (Å²) in [7, 11) is -3.87. The van der Waals surface area contributed by atoms with Crippen LogP contribution in [0.4, 0.5) is 10.1 Å². The molecule has 1 unspecified atom stereocenters. The van der Waals surface area contributed by atoms with Crippen molar-refractivity contribution < 1.29 is 23.1 Å². The zero-order chi connectivity index (χ0) is 21.9. The topological polar surface area (TPSA) is 67.8 Å². The number of anilines is 1. The Morgan fingerprint density at radius 3 is 2.23 bits per heavy atom. The molecule has 0 aromatic heterocycles. The number of phenolic OH excluding ortho intramolecular Hbond substituents is 1. The highest BCUT2D eigenvalue weighted by molar-refractivity contribution is 7.54. The van der Waals surface area contributed by atoms with E-state index < -0.39 is 31.4 Å². The van der Waals surface area contributed by atoms with Gasteiger partial charge in [0.25, 0.3) is 0 Å². The second-order valence-corrected chi connectivity index (χ2v) is 9.64. The molecule has 3 aromatic rings. The van der Waals surface area contributed by atoms with E-state index in [1.807, 2.05) is 24.3 Å². The average Bonchev–Trinajstić information content (AvgIpc) is 2.65. The van der Waals surface area contributed by atoms with E-state index in [1.54, 1.807) is 52.0 Å². The molecule has 2 N–H and O–H groups in total. The van der Waals surface area contributed by atoms with Gasteiger partial charge >= 0.3 is 7.60 Å². The Bertz CT molecular complexity index is 1060. The van der Waals surface area contributed by atoms with Crippen LogP contribution in [0.15, 0.2) is 60.7 Å². The highest BCUT2D eigenvalue weighted by atomic mass is 31.2. The minimum Gasteiger partial charge on any atom is -0.508 e. The lowest BCUT2D eigenvalue weighted by Gasteiger charge is -2.32. The summed E-state index contributed by atoms with van der Waals surface area (Å²) in [5.74, 6) is -1.55. The number of fused-ring (bicyclic) bond motifs is 1. The van der Waals surface area contributed by atoms with Gasteiger partial charge in [-0.1, -0.05) is 36.4 Å². The summed E-state index contributed by atoms with van der Waals surface area (Å²) in [5.41, 5.74) is 0.772. The molecule has 0 fully saturated rings. The summed E-state index contributed by atoms with van der Waals surface area (Å²) in [4.78, 5) is 0. The largest absolute Gasteiger partial charge is 0.508 e. The van der Waals surface area contributed by atoms with Crippen molar-refractivity contribution in [2.24, 2.45) is 0 Å². The van der Waals surface area contributed by atoms with Gasteiger partial charge in [-0.3, -0.25) is 4.57 Å². The molecule has 0 aliphatic carbocycles. The number of hydrogen-bond acceptors (Lipinski definition) is 5. The first kappa shape index (κ1) is 22.3. The summed E-state index contributed by atoms with van der Waals surface area (Å²) in [5, 5.41) is 15.5. The Kier molecular flexibility index (Phi) is 6.81. The van der Waals surface area contributed by atoms with Gasteiger partial charge in [0, 0.05) is 11.3 Å². The Hall–Kier alpha value is -2.40. The Morgan fingerprint density at radius 2 is 1.60 bits per heavy atom. The van der Waals surface area contributed by atoms with Crippen LogP contribution in [-0.2, 0) is 13.6 Å². The molecule has 0 bridgehead atoms. The minimum atomic E-state index is -3.87. The summed E-state index contributed by atoms with van der Waals surface area (Å²) in [6, 6.07) is 16.6. The number of hydrogen-bond donors (Lipinski definition) is 2. The molecule has 160 valence electrons. The van der Waals surface area contributed by atoms with Crippen molar-refractivity contribution in [2.45, 2.75) is 45.7 Å². The molecule has 0 aliphatic heterocycles. The van der Waals surface area contributed by atoms with Gasteiger partial charge in [-0.25, -0.2) is 4.39 Å². The van der Waals surface area contributed by atoms with Gasteiger partial charge in [-0.05, 0) is 62.7 Å². The Morgan fingerprint density at radius 1 is 0.933 bits per heavy atom. The second-order valence-electron chi connectivity index (χ2n) is 7.62. The zero-order valence-corrected chi connectivity index (χ0v) is 18.4. The van der Waals surface area contributed by atoms with Gasteiger partial charge in [-0.2, -0.15) is 0 Å². The van der Waals surface area contributed by atoms with Crippen molar-refractivity contribution in [3.8, 4) is 5.75 Å². The lowest BCUT2D eigenvalue weighted by Crippen LogP contribution is -2.19. The molecule has 3 rings (SSSR count). The van der Waals surface area contributed by atoms with Crippen LogP contribution in [-0.4, -0.2) is 17.3 Å². The summed E-state index contributed by atoms with van der Waals surface area (Å²) in [6.45, 7) is 7.05. The smallest absolute Gasteiger partial charge is 0.357 e. The molecule has 0 spiro atoms. The molecular formula is C23H27FNO4P. The number of rotatable bonds is 8. The lowest BCUT2D eigenvalue weighted by atomic mass is 10.0. The van der Waals surface area contributed by atoms with Crippen LogP contribution in [0.25, 0.3) is 10.8 Å². The van der Waals surface area contributed by atoms with Crippen molar-refractivity contribution in [1.29, 1.82) is 0 Å². The van der Waals surface area contributed by atoms with Crippen LogP contribution in [0.1, 0.15) is 39.0 Å². The van der Waals surface area contributed by atoms with Crippen molar-refractivity contribution in [3.05, 3.63) is 72.0 Å². The molecule has 0 aliphatic rings. The van der Waals surface area contributed by atoms with Gasteiger partial charge < -0.3 is 19.5 Å². The van der Waals surface area contributed by atoms with E-state index in [4.69, 9.17) is 9.05 Å². The minimum absolute atomic E-state index is 0.0532. The van der Waals surface area contributed by atoms with Crippen LogP contribution < -0.4 is 5.32 Å². The molecule has 30 heavy (non-hydrogen) atoms. The standard InChI is InChI=1S/C23H27FNO4P/c1-15(2)28-30(27,29-16(3)4)23(25-19-10-7-9-18(24)14-19)22-20-11-6-5-8-17(20)12-13-21(22)26/h5-16,23,25-26H,1-4H3. The predicted molar refractivity (Wildman–Crippen MR) is 118 cm³/mol. The fourth-order valence-electron chi connectivity index (χ4n) is 3.35. The van der Waals surface area contributed by atoms with E-state index in [-0.39, 0.29) is 5.75 Å². The molecule has 0 saturated carbocycles. The van der Waals surface area contributed by atoms with Gasteiger partial charge in [0.15, 0.2) is 5.78 Å². The SMILES string of the molecule is CC(C)OP(=O)(OC(C)C)C(Nc1cccc(F)c1)c1c(O)ccc2ccccc12. The molecule has 7 heteroatoms. The third-order valence-electron chi connectivity index (χ3n) is 4.38.